The van der Waals surface area contributed by atoms with E-state index in [-0.39, 0.29) is 12.0 Å². The van der Waals surface area contributed by atoms with E-state index in [1.165, 1.54) is 75.0 Å². The van der Waals surface area contributed by atoms with Crippen molar-refractivity contribution in [3.05, 3.63) is 162 Å². The zero-order valence-corrected chi connectivity index (χ0v) is 30.7. The molecule has 0 spiro atoms. The van der Waals surface area contributed by atoms with E-state index in [0.717, 1.165) is 18.4 Å². The normalized spacial score (nSPS) is 23.1. The molecule has 1 saturated heterocycles. The highest BCUT2D eigenvalue weighted by atomic mass is 15.3. The van der Waals surface area contributed by atoms with Gasteiger partial charge < -0.3 is 14.0 Å². The number of para-hydroxylation sites is 5. The minimum absolute atomic E-state index is 0.00759. The maximum atomic E-state index is 10.9. The van der Waals surface area contributed by atoms with E-state index in [1.807, 2.05) is 12.1 Å². The zero-order chi connectivity index (χ0) is 36.7. The van der Waals surface area contributed by atoms with Crippen molar-refractivity contribution < 1.29 is 0 Å². The molecule has 2 saturated carbocycles. The third kappa shape index (κ3) is 4.57. The summed E-state index contributed by atoms with van der Waals surface area (Å²) in [4.78, 5) is 2.81. The van der Waals surface area contributed by atoms with E-state index < -0.39 is 5.66 Å². The Labute approximate surface area is 321 Å². The maximum absolute atomic E-state index is 10.9. The van der Waals surface area contributed by atoms with Crippen LogP contribution >= 0.6 is 0 Å². The molecule has 5 nitrogen and oxygen atoms in total. The van der Waals surface area contributed by atoms with Gasteiger partial charge in [-0.2, -0.15) is 10.5 Å². The minimum Gasteiger partial charge on any atom is -0.364 e. The van der Waals surface area contributed by atoms with Crippen molar-refractivity contribution in [1.82, 2.24) is 9.13 Å². The number of nitriles is 2. The van der Waals surface area contributed by atoms with Crippen molar-refractivity contribution in [3.63, 3.8) is 0 Å². The molecule has 3 fully saturated rings. The molecular formula is C50H41N5. The fourth-order valence-electron chi connectivity index (χ4n) is 11.9. The van der Waals surface area contributed by atoms with Gasteiger partial charge in [-0.3, -0.25) is 0 Å². The number of rotatable bonds is 4. The van der Waals surface area contributed by atoms with Gasteiger partial charge >= 0.3 is 0 Å². The highest BCUT2D eigenvalue weighted by Gasteiger charge is 2.60. The number of nitrogens with zero attached hydrogens (tertiary/aromatic N) is 5. The highest BCUT2D eigenvalue weighted by Crippen LogP contribution is 2.61. The summed E-state index contributed by atoms with van der Waals surface area (Å²) in [7, 11) is 0. The Balaban J connectivity index is 1.29. The lowest BCUT2D eigenvalue weighted by atomic mass is 9.64. The van der Waals surface area contributed by atoms with E-state index >= 15 is 0 Å². The van der Waals surface area contributed by atoms with Gasteiger partial charge in [0.15, 0.2) is 0 Å². The van der Waals surface area contributed by atoms with Crippen molar-refractivity contribution in [2.75, 3.05) is 4.90 Å². The SMILES string of the molecule is N#Cc1ccc(C2CC(n3c4ccccc4c4ccccc43)(n3c4ccccc4c4ccccc43)CC3C4CCCCC4N(c4ccccc4)C23)c(C#N)c1. The summed E-state index contributed by atoms with van der Waals surface area (Å²) in [6, 6.07) is 58.4. The van der Waals surface area contributed by atoms with Crippen molar-refractivity contribution in [3.8, 4) is 12.1 Å². The molecule has 2 aromatic heterocycles. The summed E-state index contributed by atoms with van der Waals surface area (Å²) in [5, 5.41) is 25.9. The van der Waals surface area contributed by atoms with Crippen LogP contribution in [0.15, 0.2) is 146 Å². The summed E-state index contributed by atoms with van der Waals surface area (Å²) in [6.45, 7) is 0. The van der Waals surface area contributed by atoms with Crippen LogP contribution in [0.25, 0.3) is 43.6 Å². The van der Waals surface area contributed by atoms with E-state index in [4.69, 9.17) is 0 Å². The van der Waals surface area contributed by atoms with Gasteiger partial charge in [0.05, 0.1) is 45.3 Å². The fraction of sp³-hybridized carbons (Fsp3) is 0.240. The topological polar surface area (TPSA) is 60.7 Å². The summed E-state index contributed by atoms with van der Waals surface area (Å²) >= 11 is 0. The lowest BCUT2D eigenvalue weighted by Crippen LogP contribution is -2.54. The van der Waals surface area contributed by atoms with Crippen LogP contribution in [0.3, 0.4) is 0 Å². The predicted molar refractivity (Wildman–Crippen MR) is 222 cm³/mol. The molecule has 3 heterocycles. The molecule has 6 aromatic carbocycles. The number of benzene rings is 6. The molecule has 0 bridgehead atoms. The Morgan fingerprint density at radius 1 is 0.527 bits per heavy atom. The molecular weight excluding hydrogens is 671 g/mol. The van der Waals surface area contributed by atoms with Gasteiger partial charge in [0.2, 0.25) is 0 Å². The molecule has 0 amide bonds. The second kappa shape index (κ2) is 12.4. The van der Waals surface area contributed by atoms with Crippen LogP contribution in [0, 0.1) is 34.5 Å². The van der Waals surface area contributed by atoms with Crippen LogP contribution in [0.1, 0.15) is 61.1 Å². The van der Waals surface area contributed by atoms with Gasteiger partial charge in [0.25, 0.3) is 0 Å². The first-order chi connectivity index (χ1) is 27.2. The summed E-state index contributed by atoms with van der Waals surface area (Å²) in [5.74, 6) is 0.837. The van der Waals surface area contributed by atoms with E-state index in [2.05, 4.69) is 160 Å². The van der Waals surface area contributed by atoms with Gasteiger partial charge in [-0.25, -0.2) is 0 Å². The van der Waals surface area contributed by atoms with Crippen LogP contribution in [0.2, 0.25) is 0 Å². The van der Waals surface area contributed by atoms with Crippen molar-refractivity contribution in [2.24, 2.45) is 11.8 Å². The van der Waals surface area contributed by atoms with Crippen LogP contribution in [0.4, 0.5) is 5.69 Å². The number of hydrogen-bond donors (Lipinski definition) is 0. The quantitative estimate of drug-likeness (QED) is 0.183. The Hall–Kier alpha value is -6.30. The molecule has 8 aromatic rings. The third-order valence-corrected chi connectivity index (χ3v) is 13.7. The van der Waals surface area contributed by atoms with Crippen LogP contribution in [-0.4, -0.2) is 21.2 Å². The first-order valence-corrected chi connectivity index (χ1v) is 19.9. The van der Waals surface area contributed by atoms with E-state index in [0.29, 0.717) is 29.0 Å². The van der Waals surface area contributed by atoms with Crippen molar-refractivity contribution in [1.29, 1.82) is 10.5 Å². The zero-order valence-electron chi connectivity index (χ0n) is 30.7. The monoisotopic (exact) mass is 711 g/mol. The Morgan fingerprint density at radius 3 is 1.60 bits per heavy atom. The van der Waals surface area contributed by atoms with Gasteiger partial charge in [0.1, 0.15) is 5.66 Å². The lowest BCUT2D eigenvalue weighted by Gasteiger charge is -2.52. The largest absolute Gasteiger partial charge is 0.364 e. The maximum Gasteiger partial charge on any atom is 0.123 e. The number of aromatic nitrogens is 2. The van der Waals surface area contributed by atoms with E-state index in [9.17, 15) is 10.5 Å². The van der Waals surface area contributed by atoms with Crippen LogP contribution in [-0.2, 0) is 5.66 Å². The summed E-state index contributed by atoms with van der Waals surface area (Å²) in [6.07, 6.45) is 6.60. The first-order valence-electron chi connectivity index (χ1n) is 19.9. The van der Waals surface area contributed by atoms with Gasteiger partial charge in [-0.1, -0.05) is 110 Å². The molecule has 11 rings (SSSR count). The average Bonchev–Trinajstić information content (AvgIpc) is 3.90. The van der Waals surface area contributed by atoms with Gasteiger partial charge in [-0.15, -0.1) is 0 Å². The number of hydrogen-bond acceptors (Lipinski definition) is 3. The molecule has 5 atom stereocenters. The second-order valence-electron chi connectivity index (χ2n) is 16.2. The van der Waals surface area contributed by atoms with Crippen molar-refractivity contribution in [2.45, 2.75) is 62.2 Å². The molecule has 3 aliphatic rings. The number of anilines is 1. The first kappa shape index (κ1) is 32.2. The average molecular weight is 712 g/mol. The smallest absolute Gasteiger partial charge is 0.123 e. The van der Waals surface area contributed by atoms with Gasteiger partial charge in [0, 0.05) is 45.2 Å². The van der Waals surface area contributed by atoms with Crippen molar-refractivity contribution >= 4 is 49.3 Å². The highest BCUT2D eigenvalue weighted by molar-refractivity contribution is 6.10. The summed E-state index contributed by atoms with van der Waals surface area (Å²) in [5.41, 5.74) is 7.89. The Kier molecular flexibility index (Phi) is 7.23. The third-order valence-electron chi connectivity index (χ3n) is 13.7. The van der Waals surface area contributed by atoms with Crippen LogP contribution < -0.4 is 4.90 Å². The lowest BCUT2D eigenvalue weighted by molar-refractivity contribution is 0.0809. The minimum atomic E-state index is -0.549. The van der Waals surface area contributed by atoms with E-state index in [1.54, 1.807) is 0 Å². The molecule has 0 radical (unpaired) electrons. The van der Waals surface area contributed by atoms with Crippen LogP contribution in [0.5, 0.6) is 0 Å². The molecule has 1 aliphatic heterocycles. The Bertz CT molecular complexity index is 2650. The molecule has 5 heteroatoms. The molecule has 0 N–H and O–H groups in total. The fourth-order valence-corrected chi connectivity index (χ4v) is 11.9. The standard InChI is InChI=1S/C50H41N5/c51-31-33-26-27-36(34(28-33)32-52)42-29-50(54-45-22-10-5-16-37(45)38-17-6-11-23-46(38)54,55-47-24-12-7-18-39(47)40-19-8-13-25-48(40)55)30-43-41-20-4-9-21-44(41)53(49(42)43)35-14-2-1-3-15-35/h1-3,5-8,10-19,22-28,41-44,49H,4,9,20-21,29-30H2. The number of fused-ring (bicyclic) bond motifs is 9. The molecule has 5 unspecified atom stereocenters. The molecule has 55 heavy (non-hydrogen) atoms. The second-order valence-corrected chi connectivity index (χ2v) is 16.2. The molecule has 266 valence electrons. The summed E-state index contributed by atoms with van der Waals surface area (Å²) < 4.78 is 5.44. The molecule has 2 aliphatic carbocycles. The van der Waals surface area contributed by atoms with Gasteiger partial charge in [-0.05, 0) is 91.6 Å². The predicted octanol–water partition coefficient (Wildman–Crippen LogP) is 11.5. The Morgan fingerprint density at radius 2 is 1.05 bits per heavy atom.